The van der Waals surface area contributed by atoms with Crippen LogP contribution in [-0.4, -0.2) is 26.9 Å². The van der Waals surface area contributed by atoms with E-state index in [4.69, 9.17) is 22.1 Å². The highest BCUT2D eigenvalue weighted by molar-refractivity contribution is 7.89. The number of hydrogen-bond donors (Lipinski definition) is 1. The molecule has 130 valence electrons. The van der Waals surface area contributed by atoms with E-state index in [2.05, 4.69) is 0 Å². The van der Waals surface area contributed by atoms with Crippen molar-refractivity contribution in [1.29, 1.82) is 0 Å². The number of sulfonamides is 1. The predicted molar refractivity (Wildman–Crippen MR) is 96.8 cm³/mol. The summed E-state index contributed by atoms with van der Waals surface area (Å²) in [7, 11) is -0.856. The van der Waals surface area contributed by atoms with Crippen molar-refractivity contribution in [2.24, 2.45) is 0 Å². The molecule has 0 amide bonds. The number of hydrogen-bond acceptors (Lipinski definition) is 4. The van der Waals surface area contributed by atoms with Crippen LogP contribution in [0, 0.1) is 0 Å². The van der Waals surface area contributed by atoms with Crippen molar-refractivity contribution in [3.63, 3.8) is 0 Å². The molecule has 0 aliphatic heterocycles. The Morgan fingerprint density at radius 3 is 2.42 bits per heavy atom. The molecule has 0 spiro atoms. The van der Waals surface area contributed by atoms with Crippen LogP contribution in [0.3, 0.4) is 0 Å². The first kappa shape index (κ1) is 18.6. The zero-order valence-electron chi connectivity index (χ0n) is 13.9. The topological polar surface area (TPSA) is 72.6 Å². The maximum Gasteiger partial charge on any atom is 0.247 e. The summed E-state index contributed by atoms with van der Waals surface area (Å²) in [6.07, 6.45) is 0.630. The standard InChI is InChI=1S/C17H21ClN2O3S/c1-4-15(12-8-6-5-7-9-12)20(2)24(21,22)17-11-14(19)13(18)10-16(17)23-3/h5-11,15H,4,19H2,1-3H3/t15-/m1/s1. The van der Waals surface area contributed by atoms with E-state index in [1.54, 1.807) is 7.05 Å². The molecule has 24 heavy (non-hydrogen) atoms. The summed E-state index contributed by atoms with van der Waals surface area (Å²) in [6, 6.07) is 12.0. The zero-order chi connectivity index (χ0) is 17.9. The smallest absolute Gasteiger partial charge is 0.247 e. The molecule has 2 aromatic carbocycles. The molecule has 2 rings (SSSR count). The van der Waals surface area contributed by atoms with Gasteiger partial charge in [-0.25, -0.2) is 8.42 Å². The van der Waals surface area contributed by atoms with Crippen LogP contribution in [0.1, 0.15) is 24.9 Å². The first-order valence-electron chi connectivity index (χ1n) is 7.48. The number of ether oxygens (including phenoxy) is 1. The maximum atomic E-state index is 13.1. The number of benzene rings is 2. The highest BCUT2D eigenvalue weighted by atomic mass is 35.5. The molecule has 0 radical (unpaired) electrons. The third kappa shape index (κ3) is 3.50. The maximum absolute atomic E-state index is 13.1. The largest absolute Gasteiger partial charge is 0.495 e. The number of nitrogens with two attached hydrogens (primary N) is 1. The fourth-order valence-corrected chi connectivity index (χ4v) is 4.35. The van der Waals surface area contributed by atoms with Crippen molar-refractivity contribution in [1.82, 2.24) is 4.31 Å². The van der Waals surface area contributed by atoms with Gasteiger partial charge >= 0.3 is 0 Å². The van der Waals surface area contributed by atoms with Crippen LogP contribution in [-0.2, 0) is 10.0 Å². The Hall–Kier alpha value is -1.76. The van der Waals surface area contributed by atoms with Crippen molar-refractivity contribution in [3.8, 4) is 5.75 Å². The molecule has 0 aromatic heterocycles. The molecule has 0 unspecified atom stereocenters. The number of nitrogens with zero attached hydrogens (tertiary/aromatic N) is 1. The van der Waals surface area contributed by atoms with E-state index in [0.717, 1.165) is 5.56 Å². The lowest BCUT2D eigenvalue weighted by Gasteiger charge is -2.27. The molecule has 1 atom stereocenters. The molecule has 2 aromatic rings. The van der Waals surface area contributed by atoms with Crippen molar-refractivity contribution in [2.45, 2.75) is 24.3 Å². The first-order valence-corrected chi connectivity index (χ1v) is 9.30. The summed E-state index contributed by atoms with van der Waals surface area (Å²) in [5.74, 6) is 0.170. The van der Waals surface area contributed by atoms with Gasteiger partial charge < -0.3 is 10.5 Å². The molecular formula is C17H21ClN2O3S. The fraction of sp³-hybridized carbons (Fsp3) is 0.294. The summed E-state index contributed by atoms with van der Waals surface area (Å²) in [4.78, 5) is 0.00350. The Morgan fingerprint density at radius 2 is 1.88 bits per heavy atom. The van der Waals surface area contributed by atoms with E-state index in [-0.39, 0.29) is 27.4 Å². The zero-order valence-corrected chi connectivity index (χ0v) is 15.4. The Kier molecular flexibility index (Phi) is 5.74. The second-order valence-electron chi connectivity index (χ2n) is 5.38. The monoisotopic (exact) mass is 368 g/mol. The van der Waals surface area contributed by atoms with Gasteiger partial charge in [0.25, 0.3) is 0 Å². The Morgan fingerprint density at radius 1 is 1.25 bits per heavy atom. The highest BCUT2D eigenvalue weighted by Gasteiger charge is 2.31. The minimum atomic E-state index is -3.81. The van der Waals surface area contributed by atoms with Crippen LogP contribution in [0.25, 0.3) is 0 Å². The Bertz CT molecular complexity index is 810. The summed E-state index contributed by atoms with van der Waals surface area (Å²) in [5.41, 5.74) is 6.91. The van der Waals surface area contributed by atoms with Gasteiger partial charge in [0.15, 0.2) is 0 Å². The minimum Gasteiger partial charge on any atom is -0.495 e. The Balaban J connectivity index is 2.51. The van der Waals surface area contributed by atoms with Gasteiger partial charge in [-0.3, -0.25) is 0 Å². The van der Waals surface area contributed by atoms with Gasteiger partial charge in [-0.15, -0.1) is 0 Å². The van der Waals surface area contributed by atoms with Gasteiger partial charge in [0.1, 0.15) is 10.6 Å². The van der Waals surface area contributed by atoms with Crippen LogP contribution >= 0.6 is 11.6 Å². The summed E-state index contributed by atoms with van der Waals surface area (Å²) in [5, 5.41) is 0.253. The molecule has 0 aliphatic carbocycles. The third-order valence-electron chi connectivity index (χ3n) is 3.95. The van der Waals surface area contributed by atoms with Crippen molar-refractivity contribution < 1.29 is 13.2 Å². The second kappa shape index (κ2) is 7.42. The average molecular weight is 369 g/mol. The summed E-state index contributed by atoms with van der Waals surface area (Å²) in [6.45, 7) is 1.94. The molecule has 0 aliphatic rings. The normalized spacial score (nSPS) is 13.0. The minimum absolute atomic E-state index is 0.00350. The molecule has 0 bridgehead atoms. The van der Waals surface area contributed by atoms with E-state index in [0.29, 0.717) is 6.42 Å². The van der Waals surface area contributed by atoms with E-state index in [1.807, 2.05) is 37.3 Å². The van der Waals surface area contributed by atoms with Gasteiger partial charge in [-0.2, -0.15) is 4.31 Å². The quantitative estimate of drug-likeness (QED) is 0.789. The molecule has 0 saturated heterocycles. The second-order valence-corrected chi connectivity index (χ2v) is 7.75. The van der Waals surface area contributed by atoms with Crippen LogP contribution < -0.4 is 10.5 Å². The molecule has 0 fully saturated rings. The third-order valence-corrected chi connectivity index (χ3v) is 6.16. The summed E-state index contributed by atoms with van der Waals surface area (Å²) >= 11 is 5.97. The van der Waals surface area contributed by atoms with Crippen molar-refractivity contribution in [3.05, 3.63) is 53.1 Å². The SMILES string of the molecule is CC[C@H](c1ccccc1)N(C)S(=O)(=O)c1cc(N)c(Cl)cc1OC. The van der Waals surface area contributed by atoms with E-state index in [1.165, 1.54) is 23.5 Å². The predicted octanol–water partition coefficient (Wildman–Crippen LogP) is 3.70. The van der Waals surface area contributed by atoms with E-state index in [9.17, 15) is 8.42 Å². The lowest BCUT2D eigenvalue weighted by atomic mass is 10.1. The van der Waals surface area contributed by atoms with Crippen LogP contribution in [0.5, 0.6) is 5.75 Å². The molecule has 0 heterocycles. The lowest BCUT2D eigenvalue weighted by Crippen LogP contribution is -2.31. The fourth-order valence-electron chi connectivity index (χ4n) is 2.61. The number of methoxy groups -OCH3 is 1. The average Bonchev–Trinajstić information content (AvgIpc) is 2.58. The first-order chi connectivity index (χ1) is 11.3. The van der Waals surface area contributed by atoms with Crippen LogP contribution in [0.15, 0.2) is 47.4 Å². The molecular weight excluding hydrogens is 348 g/mol. The lowest BCUT2D eigenvalue weighted by molar-refractivity contribution is 0.360. The molecule has 2 N–H and O–H groups in total. The van der Waals surface area contributed by atoms with Gasteiger partial charge in [-0.1, -0.05) is 48.9 Å². The van der Waals surface area contributed by atoms with E-state index < -0.39 is 10.0 Å². The molecule has 7 heteroatoms. The number of anilines is 1. The van der Waals surface area contributed by atoms with Gasteiger partial charge in [-0.05, 0) is 18.1 Å². The number of rotatable bonds is 6. The van der Waals surface area contributed by atoms with Crippen LogP contribution in [0.4, 0.5) is 5.69 Å². The van der Waals surface area contributed by atoms with Crippen LogP contribution in [0.2, 0.25) is 5.02 Å². The van der Waals surface area contributed by atoms with E-state index >= 15 is 0 Å². The van der Waals surface area contributed by atoms with Gasteiger partial charge in [0, 0.05) is 19.2 Å². The molecule has 5 nitrogen and oxygen atoms in total. The van der Waals surface area contributed by atoms with Crippen molar-refractivity contribution >= 4 is 27.3 Å². The number of nitrogen functional groups attached to an aromatic ring is 1. The van der Waals surface area contributed by atoms with Gasteiger partial charge in [0.05, 0.1) is 17.8 Å². The van der Waals surface area contributed by atoms with Gasteiger partial charge in [0.2, 0.25) is 10.0 Å². The number of halogens is 1. The highest BCUT2D eigenvalue weighted by Crippen LogP contribution is 2.36. The van der Waals surface area contributed by atoms with Crippen molar-refractivity contribution in [2.75, 3.05) is 19.9 Å². The summed E-state index contributed by atoms with van der Waals surface area (Å²) < 4.78 is 32.7. The Labute approximate surface area is 148 Å². The molecule has 0 saturated carbocycles.